The van der Waals surface area contributed by atoms with E-state index in [1.165, 1.54) is 23.9 Å². The maximum atomic E-state index is 14.1. The van der Waals surface area contributed by atoms with Crippen molar-refractivity contribution in [3.8, 4) is 0 Å². The number of anilines is 2. The second kappa shape index (κ2) is 14.1. The maximum absolute atomic E-state index is 14.1. The molecular weight excluding hydrogens is 616 g/mol. The molecule has 2 amide bonds. The van der Waals surface area contributed by atoms with Gasteiger partial charge in [0, 0.05) is 44.5 Å². The Balaban J connectivity index is 1.48. The van der Waals surface area contributed by atoms with Crippen LogP contribution in [0.15, 0.2) is 70.4 Å². The van der Waals surface area contributed by atoms with Gasteiger partial charge in [-0.15, -0.1) is 0 Å². The molecule has 0 aliphatic carbocycles. The molecule has 1 unspecified atom stereocenters. The van der Waals surface area contributed by atoms with E-state index in [2.05, 4.69) is 15.6 Å². The summed E-state index contributed by atoms with van der Waals surface area (Å²) in [5.41, 5.74) is -1.14. The number of hydrogen-bond acceptors (Lipinski definition) is 9. The Kier molecular flexibility index (Phi) is 9.92. The van der Waals surface area contributed by atoms with Crippen LogP contribution in [0.1, 0.15) is 61.4 Å². The number of carbonyl (C=O) groups is 3. The second-order valence-corrected chi connectivity index (χ2v) is 12.6. The first kappa shape index (κ1) is 33.8. The zero-order valence-electron chi connectivity index (χ0n) is 27.7. The predicted molar refractivity (Wildman–Crippen MR) is 182 cm³/mol. The van der Waals surface area contributed by atoms with Gasteiger partial charge in [0.25, 0.3) is 11.5 Å². The number of nitrogens with one attached hydrogen (secondary N) is 2. The predicted octanol–water partition coefficient (Wildman–Crippen LogP) is 3.50. The molecule has 4 heterocycles. The molecule has 1 aliphatic heterocycles. The van der Waals surface area contributed by atoms with Gasteiger partial charge in [0.05, 0.1) is 12.2 Å². The molecule has 14 nitrogen and oxygen atoms in total. The van der Waals surface area contributed by atoms with Gasteiger partial charge >= 0.3 is 11.8 Å². The summed E-state index contributed by atoms with van der Waals surface area (Å²) in [7, 11) is 1.51. The van der Waals surface area contributed by atoms with Crippen molar-refractivity contribution < 1.29 is 19.1 Å². The highest BCUT2D eigenvalue weighted by Crippen LogP contribution is 2.24. The number of alkyl carbamates (subject to hydrolysis) is 1. The van der Waals surface area contributed by atoms with Gasteiger partial charge < -0.3 is 24.8 Å². The SMILES string of the molecule is C/C=C/Cn1c(N2CCCC(NC(=O)OC(C)(C)C)C2)nc2c1c(=O)n(CC(=O)c1ccccc1NC(=O)c1ccccn1)c(=O)n2C. The minimum absolute atomic E-state index is 0.135. The van der Waals surface area contributed by atoms with Crippen molar-refractivity contribution in [3.63, 3.8) is 0 Å². The first-order valence-electron chi connectivity index (χ1n) is 15.8. The number of amides is 2. The van der Waals surface area contributed by atoms with Gasteiger partial charge in [-0.25, -0.2) is 9.59 Å². The molecule has 0 radical (unpaired) electrons. The van der Waals surface area contributed by atoms with Crippen LogP contribution in [0.25, 0.3) is 11.2 Å². The van der Waals surface area contributed by atoms with E-state index in [1.807, 2.05) is 24.0 Å². The third-order valence-corrected chi connectivity index (χ3v) is 7.84. The molecule has 1 atom stereocenters. The van der Waals surface area contributed by atoms with Crippen molar-refractivity contribution >= 4 is 40.6 Å². The molecule has 0 saturated carbocycles. The topological polar surface area (TPSA) is 162 Å². The highest BCUT2D eigenvalue weighted by atomic mass is 16.6. The average molecular weight is 657 g/mol. The molecule has 5 rings (SSSR count). The molecule has 14 heteroatoms. The summed E-state index contributed by atoms with van der Waals surface area (Å²) in [5.74, 6) is -0.582. The summed E-state index contributed by atoms with van der Waals surface area (Å²) in [4.78, 5) is 77.4. The normalized spacial score (nSPS) is 15.1. The zero-order valence-corrected chi connectivity index (χ0v) is 27.7. The minimum Gasteiger partial charge on any atom is -0.444 e. The number of allylic oxidation sites excluding steroid dienone is 2. The molecule has 1 saturated heterocycles. The number of aromatic nitrogens is 5. The van der Waals surface area contributed by atoms with Crippen molar-refractivity contribution in [2.75, 3.05) is 23.3 Å². The molecule has 2 N–H and O–H groups in total. The lowest BCUT2D eigenvalue weighted by atomic mass is 10.1. The minimum atomic E-state index is -0.707. The lowest BCUT2D eigenvalue weighted by molar-refractivity contribution is 0.0499. The number of pyridine rings is 1. The molecule has 4 aromatic rings. The van der Waals surface area contributed by atoms with Crippen LogP contribution in [-0.2, 0) is 24.9 Å². The van der Waals surface area contributed by atoms with Crippen LogP contribution in [-0.4, -0.2) is 66.2 Å². The van der Waals surface area contributed by atoms with Crippen LogP contribution in [0.2, 0.25) is 0 Å². The lowest BCUT2D eigenvalue weighted by Gasteiger charge is -2.34. The summed E-state index contributed by atoms with van der Waals surface area (Å²) >= 11 is 0. The molecule has 3 aromatic heterocycles. The van der Waals surface area contributed by atoms with Crippen molar-refractivity contribution in [1.82, 2.24) is 29.0 Å². The van der Waals surface area contributed by atoms with Gasteiger partial charge in [0.15, 0.2) is 16.9 Å². The van der Waals surface area contributed by atoms with Crippen LogP contribution in [0, 0.1) is 0 Å². The number of Topliss-reactive ketones (excluding diaryl/α,β-unsaturated/α-hetero) is 1. The van der Waals surface area contributed by atoms with Crippen LogP contribution in [0.4, 0.5) is 16.4 Å². The molecule has 252 valence electrons. The van der Waals surface area contributed by atoms with Crippen molar-refractivity contribution in [2.24, 2.45) is 7.05 Å². The van der Waals surface area contributed by atoms with Crippen LogP contribution >= 0.6 is 0 Å². The fourth-order valence-electron chi connectivity index (χ4n) is 5.62. The first-order valence-corrected chi connectivity index (χ1v) is 15.8. The zero-order chi connectivity index (χ0) is 34.6. The van der Waals surface area contributed by atoms with Gasteiger partial charge in [-0.05, 0) is 64.8 Å². The molecule has 1 fully saturated rings. The Morgan fingerprint density at radius 2 is 1.81 bits per heavy atom. The van der Waals surface area contributed by atoms with Gasteiger partial charge in [0.2, 0.25) is 5.95 Å². The average Bonchev–Trinajstić information content (AvgIpc) is 3.44. The summed E-state index contributed by atoms with van der Waals surface area (Å²) in [6, 6.07) is 11.1. The van der Waals surface area contributed by atoms with Gasteiger partial charge in [-0.3, -0.25) is 28.5 Å². The van der Waals surface area contributed by atoms with Crippen LogP contribution in [0.5, 0.6) is 0 Å². The smallest absolute Gasteiger partial charge is 0.407 e. The maximum Gasteiger partial charge on any atom is 0.407 e. The van der Waals surface area contributed by atoms with Crippen molar-refractivity contribution in [2.45, 2.75) is 65.3 Å². The number of nitrogens with zero attached hydrogens (tertiary/aromatic N) is 6. The summed E-state index contributed by atoms with van der Waals surface area (Å²) in [6.45, 7) is 8.02. The van der Waals surface area contributed by atoms with Crippen LogP contribution in [0.3, 0.4) is 0 Å². The highest BCUT2D eigenvalue weighted by molar-refractivity contribution is 6.08. The monoisotopic (exact) mass is 656 g/mol. The Hall–Kier alpha value is -5.53. The van der Waals surface area contributed by atoms with Gasteiger partial charge in [-0.2, -0.15) is 4.98 Å². The Labute approximate surface area is 277 Å². The Morgan fingerprint density at radius 1 is 1.06 bits per heavy atom. The lowest BCUT2D eigenvalue weighted by Crippen LogP contribution is -2.49. The number of aryl methyl sites for hydroxylation is 1. The van der Waals surface area contributed by atoms with E-state index in [9.17, 15) is 24.0 Å². The third kappa shape index (κ3) is 7.37. The van der Waals surface area contributed by atoms with E-state index >= 15 is 0 Å². The number of benzene rings is 1. The number of piperidine rings is 1. The number of rotatable bonds is 9. The van der Waals surface area contributed by atoms with E-state index in [-0.39, 0.29) is 40.7 Å². The largest absolute Gasteiger partial charge is 0.444 e. The fourth-order valence-corrected chi connectivity index (χ4v) is 5.62. The molecule has 0 bridgehead atoms. The van der Waals surface area contributed by atoms with E-state index in [4.69, 9.17) is 9.72 Å². The molecule has 48 heavy (non-hydrogen) atoms. The number of imidazole rings is 1. The number of para-hydroxylation sites is 1. The summed E-state index contributed by atoms with van der Waals surface area (Å²) in [6.07, 6.45) is 6.18. The summed E-state index contributed by atoms with van der Waals surface area (Å²) in [5, 5.41) is 5.64. The molecule has 1 aliphatic rings. The quantitative estimate of drug-likeness (QED) is 0.203. The van der Waals surface area contributed by atoms with E-state index in [1.54, 1.807) is 61.7 Å². The van der Waals surface area contributed by atoms with E-state index in [0.29, 0.717) is 19.0 Å². The molecular formula is C34H40N8O6. The van der Waals surface area contributed by atoms with E-state index < -0.39 is 41.2 Å². The Morgan fingerprint density at radius 3 is 2.52 bits per heavy atom. The number of fused-ring (bicyclic) bond motifs is 1. The Bertz CT molecular complexity index is 1990. The summed E-state index contributed by atoms with van der Waals surface area (Å²) < 4.78 is 9.32. The highest BCUT2D eigenvalue weighted by Gasteiger charge is 2.29. The number of carbonyl (C=O) groups excluding carboxylic acids is 3. The number of ether oxygens (including phenoxy) is 1. The standard InChI is InChI=1S/C34H40N8O6/c1-6-7-19-41-27-28(38-31(41)40-18-12-13-22(20-40)36-32(46)48-34(2,3)4)39(5)33(47)42(30(27)45)21-26(43)23-14-8-9-15-24(23)37-29(44)25-16-10-11-17-35-25/h6-11,14-17,22H,12-13,18-21H2,1-5H3,(H,36,46)(H,37,44)/b7-6+. The third-order valence-electron chi connectivity index (χ3n) is 7.84. The van der Waals surface area contributed by atoms with Gasteiger partial charge in [0.1, 0.15) is 11.3 Å². The van der Waals surface area contributed by atoms with Crippen molar-refractivity contribution in [1.29, 1.82) is 0 Å². The van der Waals surface area contributed by atoms with E-state index in [0.717, 1.165) is 17.4 Å². The molecule has 0 spiro atoms. The van der Waals surface area contributed by atoms with Crippen LogP contribution < -0.4 is 26.8 Å². The fraction of sp³-hybridized carbons (Fsp3) is 0.382. The molecule has 1 aromatic carbocycles. The van der Waals surface area contributed by atoms with Gasteiger partial charge in [-0.1, -0.05) is 30.4 Å². The van der Waals surface area contributed by atoms with Crippen molar-refractivity contribution in [3.05, 3.63) is 92.9 Å². The number of hydrogen-bond donors (Lipinski definition) is 2. The number of ketones is 1. The second-order valence-electron chi connectivity index (χ2n) is 12.6. The first-order chi connectivity index (χ1) is 22.9.